The molecule has 0 unspecified atom stereocenters. The van der Waals surface area contributed by atoms with E-state index in [2.05, 4.69) is 20.5 Å². The molecule has 1 aliphatic rings. The zero-order chi connectivity index (χ0) is 12.0. The number of guanidine groups is 1. The molecule has 0 atom stereocenters. The summed E-state index contributed by atoms with van der Waals surface area (Å²) in [7, 11) is 0. The Kier molecular flexibility index (Phi) is 5.04. The van der Waals surface area contributed by atoms with Crippen molar-refractivity contribution < 1.29 is 4.79 Å². The number of nitrogens with two attached hydrogens (primary N) is 1. The standard InChI is InChI=1S/C10H21N5O/c1-8(2)14-10(11)13-4-6-15-5-3-12-9(16)7-15/h8H,3-7H2,1-2H3,(H,12,16)(H3,11,13,14). The number of hydrogen-bond donors (Lipinski definition) is 3. The van der Waals surface area contributed by atoms with Gasteiger partial charge in [-0.2, -0.15) is 0 Å². The summed E-state index contributed by atoms with van der Waals surface area (Å²) in [4.78, 5) is 17.4. The molecule has 0 aromatic heterocycles. The van der Waals surface area contributed by atoms with Crippen LogP contribution in [0.3, 0.4) is 0 Å². The second-order valence-corrected chi connectivity index (χ2v) is 4.19. The first-order valence-corrected chi connectivity index (χ1v) is 5.63. The molecule has 0 saturated carbocycles. The maximum atomic E-state index is 11.1. The van der Waals surface area contributed by atoms with Crippen LogP contribution < -0.4 is 16.4 Å². The van der Waals surface area contributed by atoms with E-state index in [1.54, 1.807) is 0 Å². The molecule has 0 aromatic carbocycles. The highest BCUT2D eigenvalue weighted by atomic mass is 16.2. The fraction of sp³-hybridized carbons (Fsp3) is 0.800. The van der Waals surface area contributed by atoms with Crippen molar-refractivity contribution in [3.8, 4) is 0 Å². The third kappa shape index (κ3) is 4.97. The summed E-state index contributed by atoms with van der Waals surface area (Å²) in [5.41, 5.74) is 5.66. The van der Waals surface area contributed by atoms with Crippen LogP contribution in [0.1, 0.15) is 13.8 Å². The summed E-state index contributed by atoms with van der Waals surface area (Å²) in [6, 6.07) is 0.296. The fourth-order valence-electron chi connectivity index (χ4n) is 1.54. The molecule has 92 valence electrons. The van der Waals surface area contributed by atoms with Gasteiger partial charge in [-0.15, -0.1) is 0 Å². The van der Waals surface area contributed by atoms with Gasteiger partial charge >= 0.3 is 0 Å². The Morgan fingerprint density at radius 3 is 3.06 bits per heavy atom. The third-order valence-electron chi connectivity index (χ3n) is 2.25. The van der Waals surface area contributed by atoms with Crippen LogP contribution in [0.25, 0.3) is 0 Å². The number of aliphatic imine (C=N–C) groups is 1. The predicted molar refractivity (Wildman–Crippen MR) is 64.2 cm³/mol. The Bertz CT molecular complexity index is 264. The van der Waals surface area contributed by atoms with Crippen molar-refractivity contribution in [3.05, 3.63) is 0 Å². The van der Waals surface area contributed by atoms with E-state index < -0.39 is 0 Å². The minimum Gasteiger partial charge on any atom is -0.370 e. The SMILES string of the molecule is CC(C)NC(N)=NCCN1CCNC(=O)C1. The summed E-state index contributed by atoms with van der Waals surface area (Å²) in [5, 5.41) is 5.80. The molecule has 16 heavy (non-hydrogen) atoms. The van der Waals surface area contributed by atoms with E-state index in [1.807, 2.05) is 13.8 Å². The molecule has 4 N–H and O–H groups in total. The van der Waals surface area contributed by atoms with Gasteiger partial charge in [-0.3, -0.25) is 14.7 Å². The number of rotatable bonds is 4. The molecule has 1 amide bonds. The fourth-order valence-corrected chi connectivity index (χ4v) is 1.54. The topological polar surface area (TPSA) is 82.8 Å². The van der Waals surface area contributed by atoms with E-state index in [0.29, 0.717) is 25.1 Å². The maximum absolute atomic E-state index is 11.1. The number of nitrogens with zero attached hydrogens (tertiary/aromatic N) is 2. The van der Waals surface area contributed by atoms with Crippen LogP contribution in [0.4, 0.5) is 0 Å². The molecule has 0 aliphatic carbocycles. The van der Waals surface area contributed by atoms with Gasteiger partial charge in [-0.1, -0.05) is 0 Å². The molecule has 6 nitrogen and oxygen atoms in total. The lowest BCUT2D eigenvalue weighted by Gasteiger charge is -2.25. The van der Waals surface area contributed by atoms with Gasteiger partial charge in [0.15, 0.2) is 5.96 Å². The summed E-state index contributed by atoms with van der Waals surface area (Å²) in [5.74, 6) is 0.556. The molecule has 1 rings (SSSR count). The normalized spacial score (nSPS) is 18.7. The second kappa shape index (κ2) is 6.32. The molecule has 1 aliphatic heterocycles. The molecule has 1 saturated heterocycles. The molecule has 1 fully saturated rings. The van der Waals surface area contributed by atoms with E-state index in [0.717, 1.165) is 19.6 Å². The first-order chi connectivity index (χ1) is 7.58. The smallest absolute Gasteiger partial charge is 0.234 e. The van der Waals surface area contributed by atoms with Crippen LogP contribution in [0.5, 0.6) is 0 Å². The Hall–Kier alpha value is -1.30. The van der Waals surface area contributed by atoms with Crippen LogP contribution in [0.2, 0.25) is 0 Å². The number of hydrogen-bond acceptors (Lipinski definition) is 3. The summed E-state index contributed by atoms with van der Waals surface area (Å²) in [6.07, 6.45) is 0. The molecule has 1 heterocycles. The zero-order valence-electron chi connectivity index (χ0n) is 9.99. The van der Waals surface area contributed by atoms with Crippen LogP contribution in [-0.4, -0.2) is 55.5 Å². The van der Waals surface area contributed by atoms with Gasteiger partial charge in [0, 0.05) is 25.7 Å². The van der Waals surface area contributed by atoms with Crippen LogP contribution >= 0.6 is 0 Å². The Labute approximate surface area is 96.3 Å². The number of carbonyl (C=O) groups excluding carboxylic acids is 1. The second-order valence-electron chi connectivity index (χ2n) is 4.19. The monoisotopic (exact) mass is 227 g/mol. The van der Waals surface area contributed by atoms with Gasteiger partial charge in [-0.05, 0) is 13.8 Å². The van der Waals surface area contributed by atoms with E-state index in [-0.39, 0.29) is 5.91 Å². The third-order valence-corrected chi connectivity index (χ3v) is 2.25. The van der Waals surface area contributed by atoms with Crippen molar-refractivity contribution in [1.29, 1.82) is 0 Å². The van der Waals surface area contributed by atoms with Crippen molar-refractivity contribution in [1.82, 2.24) is 15.5 Å². The molecular weight excluding hydrogens is 206 g/mol. The highest BCUT2D eigenvalue weighted by Gasteiger charge is 2.14. The molecule has 0 bridgehead atoms. The first-order valence-electron chi connectivity index (χ1n) is 5.63. The van der Waals surface area contributed by atoms with Gasteiger partial charge in [-0.25, -0.2) is 0 Å². The van der Waals surface area contributed by atoms with Crippen molar-refractivity contribution in [2.24, 2.45) is 10.7 Å². The molecular formula is C10H21N5O. The van der Waals surface area contributed by atoms with E-state index in [1.165, 1.54) is 0 Å². The average Bonchev–Trinajstić information content (AvgIpc) is 2.16. The van der Waals surface area contributed by atoms with Crippen LogP contribution in [0.15, 0.2) is 4.99 Å². The average molecular weight is 227 g/mol. The summed E-state index contributed by atoms with van der Waals surface area (Å²) < 4.78 is 0. The number of amides is 1. The molecule has 0 aromatic rings. The number of carbonyl (C=O) groups is 1. The van der Waals surface area contributed by atoms with Gasteiger partial charge in [0.1, 0.15) is 0 Å². The maximum Gasteiger partial charge on any atom is 0.234 e. The Balaban J connectivity index is 2.21. The van der Waals surface area contributed by atoms with E-state index in [9.17, 15) is 4.79 Å². The highest BCUT2D eigenvalue weighted by molar-refractivity contribution is 5.79. The van der Waals surface area contributed by atoms with Crippen LogP contribution in [-0.2, 0) is 4.79 Å². The van der Waals surface area contributed by atoms with Gasteiger partial charge < -0.3 is 16.4 Å². The zero-order valence-corrected chi connectivity index (χ0v) is 9.99. The van der Waals surface area contributed by atoms with Gasteiger partial charge in [0.2, 0.25) is 5.91 Å². The largest absolute Gasteiger partial charge is 0.370 e. The molecule has 0 spiro atoms. The Morgan fingerprint density at radius 2 is 2.44 bits per heavy atom. The lowest BCUT2D eigenvalue weighted by atomic mass is 10.3. The minimum absolute atomic E-state index is 0.0866. The lowest BCUT2D eigenvalue weighted by molar-refractivity contribution is -0.124. The number of nitrogens with one attached hydrogen (secondary N) is 2. The highest BCUT2D eigenvalue weighted by Crippen LogP contribution is 1.92. The molecule has 6 heteroatoms. The predicted octanol–water partition coefficient (Wildman–Crippen LogP) is -1.27. The van der Waals surface area contributed by atoms with Crippen molar-refractivity contribution in [2.45, 2.75) is 19.9 Å². The van der Waals surface area contributed by atoms with E-state index in [4.69, 9.17) is 5.73 Å². The number of piperazine rings is 1. The quantitative estimate of drug-likeness (QED) is 0.413. The van der Waals surface area contributed by atoms with Crippen molar-refractivity contribution in [2.75, 3.05) is 32.7 Å². The van der Waals surface area contributed by atoms with Crippen molar-refractivity contribution >= 4 is 11.9 Å². The first kappa shape index (κ1) is 12.8. The Morgan fingerprint density at radius 1 is 1.69 bits per heavy atom. The summed E-state index contributed by atoms with van der Waals surface area (Å²) in [6.45, 7) is 7.50. The summed E-state index contributed by atoms with van der Waals surface area (Å²) >= 11 is 0. The van der Waals surface area contributed by atoms with Crippen LogP contribution in [0, 0.1) is 0 Å². The van der Waals surface area contributed by atoms with E-state index >= 15 is 0 Å². The lowest BCUT2D eigenvalue weighted by Crippen LogP contribution is -2.48. The van der Waals surface area contributed by atoms with Crippen molar-refractivity contribution in [3.63, 3.8) is 0 Å². The van der Waals surface area contributed by atoms with Gasteiger partial charge in [0.05, 0.1) is 13.1 Å². The van der Waals surface area contributed by atoms with Gasteiger partial charge in [0.25, 0.3) is 0 Å². The minimum atomic E-state index is 0.0866. The molecule has 0 radical (unpaired) electrons.